The molecule has 5 nitrogen and oxygen atoms in total. The first-order valence-electron chi connectivity index (χ1n) is 6.33. The van der Waals surface area contributed by atoms with Crippen molar-refractivity contribution in [1.82, 2.24) is 0 Å². The van der Waals surface area contributed by atoms with Crippen LogP contribution in [0.25, 0.3) is 0 Å². The highest BCUT2D eigenvalue weighted by Crippen LogP contribution is 2.27. The van der Waals surface area contributed by atoms with Crippen LogP contribution in [-0.4, -0.2) is 24.1 Å². The molecule has 1 heterocycles. The summed E-state index contributed by atoms with van der Waals surface area (Å²) in [6.07, 6.45) is 2.11. The molecule has 0 aromatic heterocycles. The first-order valence-corrected chi connectivity index (χ1v) is 6.33. The van der Waals surface area contributed by atoms with E-state index in [9.17, 15) is 10.1 Å². The predicted molar refractivity (Wildman–Crippen MR) is 71.7 cm³/mol. The van der Waals surface area contributed by atoms with Crippen LogP contribution >= 0.6 is 0 Å². The lowest BCUT2D eigenvalue weighted by atomic mass is 9.91. The number of piperidine rings is 1. The second-order valence-electron chi connectivity index (χ2n) is 4.96. The minimum atomic E-state index is -0.349. The second kappa shape index (κ2) is 5.35. The average Bonchev–Trinajstić information content (AvgIpc) is 2.39. The highest BCUT2D eigenvalue weighted by Gasteiger charge is 2.22. The van der Waals surface area contributed by atoms with Crippen LogP contribution in [0, 0.1) is 16.0 Å². The number of rotatable bonds is 3. The van der Waals surface area contributed by atoms with Crippen molar-refractivity contribution >= 4 is 11.4 Å². The molecule has 0 amide bonds. The molecule has 0 spiro atoms. The van der Waals surface area contributed by atoms with Crippen molar-refractivity contribution in [2.24, 2.45) is 11.7 Å². The molecule has 1 atom stereocenters. The molecule has 1 saturated heterocycles. The predicted octanol–water partition coefficient (Wildman–Crippen LogP) is 2.16. The Hall–Kier alpha value is -1.62. The van der Waals surface area contributed by atoms with Gasteiger partial charge in [-0.05, 0) is 31.7 Å². The molecule has 5 heteroatoms. The first-order chi connectivity index (χ1) is 8.58. The van der Waals surface area contributed by atoms with Crippen LogP contribution in [0.15, 0.2) is 24.3 Å². The highest BCUT2D eigenvalue weighted by molar-refractivity contribution is 5.53. The quantitative estimate of drug-likeness (QED) is 0.658. The zero-order chi connectivity index (χ0) is 13.1. The van der Waals surface area contributed by atoms with Crippen LogP contribution in [0.3, 0.4) is 0 Å². The molecule has 18 heavy (non-hydrogen) atoms. The molecule has 1 aromatic rings. The summed E-state index contributed by atoms with van der Waals surface area (Å²) >= 11 is 0. The van der Waals surface area contributed by atoms with Crippen molar-refractivity contribution in [1.29, 1.82) is 0 Å². The van der Waals surface area contributed by atoms with E-state index < -0.39 is 0 Å². The van der Waals surface area contributed by atoms with Crippen molar-refractivity contribution in [3.8, 4) is 0 Å². The van der Waals surface area contributed by atoms with Crippen LogP contribution < -0.4 is 10.6 Å². The van der Waals surface area contributed by atoms with Crippen molar-refractivity contribution in [2.75, 3.05) is 18.0 Å². The number of anilines is 1. The lowest BCUT2D eigenvalue weighted by Gasteiger charge is -2.35. The molecule has 0 bridgehead atoms. The first kappa shape index (κ1) is 12.8. The minimum absolute atomic E-state index is 0.154. The summed E-state index contributed by atoms with van der Waals surface area (Å²) in [6, 6.07) is 7.08. The fraction of sp³-hybridized carbons (Fsp3) is 0.538. The van der Waals surface area contributed by atoms with Gasteiger partial charge in [0.25, 0.3) is 5.69 Å². The Morgan fingerprint density at radius 2 is 2.11 bits per heavy atom. The Bertz CT molecular complexity index is 426. The summed E-state index contributed by atoms with van der Waals surface area (Å²) in [6.45, 7) is 3.90. The molecule has 1 unspecified atom stereocenters. The van der Waals surface area contributed by atoms with Crippen LogP contribution in [-0.2, 0) is 0 Å². The van der Waals surface area contributed by atoms with Crippen LogP contribution in [0.2, 0.25) is 0 Å². The molecule has 2 rings (SSSR count). The van der Waals surface area contributed by atoms with E-state index in [0.29, 0.717) is 5.92 Å². The fourth-order valence-corrected chi connectivity index (χ4v) is 2.49. The molecule has 2 N–H and O–H groups in total. The largest absolute Gasteiger partial charge is 0.371 e. The summed E-state index contributed by atoms with van der Waals surface area (Å²) in [5.41, 5.74) is 7.00. The molecule has 0 radical (unpaired) electrons. The summed E-state index contributed by atoms with van der Waals surface area (Å²) < 4.78 is 0. The van der Waals surface area contributed by atoms with Gasteiger partial charge in [-0.15, -0.1) is 0 Å². The smallest absolute Gasteiger partial charge is 0.271 e. The van der Waals surface area contributed by atoms with Crippen molar-refractivity contribution in [2.45, 2.75) is 25.8 Å². The molecule has 1 aliphatic heterocycles. The van der Waals surface area contributed by atoms with E-state index in [1.807, 2.05) is 13.0 Å². The third-order valence-electron chi connectivity index (χ3n) is 3.69. The van der Waals surface area contributed by atoms with Gasteiger partial charge in [-0.1, -0.05) is 6.07 Å². The Morgan fingerprint density at radius 3 is 2.67 bits per heavy atom. The third-order valence-corrected chi connectivity index (χ3v) is 3.69. The van der Waals surface area contributed by atoms with E-state index in [-0.39, 0.29) is 16.7 Å². The topological polar surface area (TPSA) is 72.4 Å². The summed E-state index contributed by atoms with van der Waals surface area (Å²) in [5.74, 6) is 0.569. The lowest BCUT2D eigenvalue weighted by Crippen LogP contribution is -2.39. The van der Waals surface area contributed by atoms with Crippen molar-refractivity contribution in [3.63, 3.8) is 0 Å². The maximum Gasteiger partial charge on any atom is 0.271 e. The maximum atomic E-state index is 10.7. The van der Waals surface area contributed by atoms with Gasteiger partial charge in [0, 0.05) is 37.0 Å². The van der Waals surface area contributed by atoms with Gasteiger partial charge in [-0.2, -0.15) is 0 Å². The number of nitro groups is 1. The van der Waals surface area contributed by atoms with Crippen LogP contribution in [0.5, 0.6) is 0 Å². The standard InChI is InChI=1S/C13H19N3O2/c1-10(14)11-5-7-15(8-6-11)12-3-2-4-13(9-12)16(17)18/h2-4,9-11H,5-8,14H2,1H3. The van der Waals surface area contributed by atoms with E-state index >= 15 is 0 Å². The number of nitro benzene ring substituents is 1. The number of benzene rings is 1. The Morgan fingerprint density at radius 1 is 1.44 bits per heavy atom. The Kier molecular flexibility index (Phi) is 3.81. The number of hydrogen-bond acceptors (Lipinski definition) is 4. The number of nitrogens with two attached hydrogens (primary N) is 1. The average molecular weight is 249 g/mol. The van der Waals surface area contributed by atoms with E-state index in [4.69, 9.17) is 5.73 Å². The van der Waals surface area contributed by atoms with Crippen LogP contribution in [0.1, 0.15) is 19.8 Å². The van der Waals surface area contributed by atoms with Gasteiger partial charge in [0.15, 0.2) is 0 Å². The van der Waals surface area contributed by atoms with Gasteiger partial charge in [-0.3, -0.25) is 10.1 Å². The number of nitrogens with zero attached hydrogens (tertiary/aromatic N) is 2. The molecule has 98 valence electrons. The van der Waals surface area contributed by atoms with E-state index in [2.05, 4.69) is 4.90 Å². The van der Waals surface area contributed by atoms with Gasteiger partial charge in [-0.25, -0.2) is 0 Å². The molecule has 0 aliphatic carbocycles. The SMILES string of the molecule is CC(N)C1CCN(c2cccc([N+](=O)[O-])c2)CC1. The van der Waals surface area contributed by atoms with Gasteiger partial charge < -0.3 is 10.6 Å². The zero-order valence-electron chi connectivity index (χ0n) is 10.6. The lowest BCUT2D eigenvalue weighted by molar-refractivity contribution is -0.384. The second-order valence-corrected chi connectivity index (χ2v) is 4.96. The maximum absolute atomic E-state index is 10.7. The summed E-state index contributed by atoms with van der Waals surface area (Å²) in [5, 5.41) is 10.7. The van der Waals surface area contributed by atoms with E-state index in [0.717, 1.165) is 31.6 Å². The molecular formula is C13H19N3O2. The van der Waals surface area contributed by atoms with Gasteiger partial charge in [0.1, 0.15) is 0 Å². The molecule has 1 aromatic carbocycles. The molecule has 0 saturated carbocycles. The molecule has 1 aliphatic rings. The highest BCUT2D eigenvalue weighted by atomic mass is 16.6. The van der Waals surface area contributed by atoms with Gasteiger partial charge >= 0.3 is 0 Å². The third kappa shape index (κ3) is 2.79. The van der Waals surface area contributed by atoms with Gasteiger partial charge in [0.2, 0.25) is 0 Å². The van der Waals surface area contributed by atoms with E-state index in [1.165, 1.54) is 6.07 Å². The van der Waals surface area contributed by atoms with Crippen LogP contribution in [0.4, 0.5) is 11.4 Å². The van der Waals surface area contributed by atoms with Crippen molar-refractivity contribution < 1.29 is 4.92 Å². The van der Waals surface area contributed by atoms with Gasteiger partial charge in [0.05, 0.1) is 4.92 Å². The monoisotopic (exact) mass is 249 g/mol. The minimum Gasteiger partial charge on any atom is -0.371 e. The Labute approximate surface area is 107 Å². The fourth-order valence-electron chi connectivity index (χ4n) is 2.49. The number of non-ortho nitro benzene ring substituents is 1. The zero-order valence-corrected chi connectivity index (χ0v) is 10.6. The summed E-state index contributed by atoms with van der Waals surface area (Å²) in [7, 11) is 0. The Balaban J connectivity index is 2.05. The van der Waals surface area contributed by atoms with E-state index in [1.54, 1.807) is 12.1 Å². The number of hydrogen-bond donors (Lipinski definition) is 1. The normalized spacial score (nSPS) is 18.7. The summed E-state index contributed by atoms with van der Waals surface area (Å²) in [4.78, 5) is 12.6. The molecular weight excluding hydrogens is 230 g/mol. The van der Waals surface area contributed by atoms with Crippen molar-refractivity contribution in [3.05, 3.63) is 34.4 Å². The molecule has 1 fully saturated rings.